The van der Waals surface area contributed by atoms with E-state index in [0.717, 1.165) is 0 Å². The second-order valence-electron chi connectivity index (χ2n) is 5.48. The van der Waals surface area contributed by atoms with E-state index in [1.54, 1.807) is 74.9 Å². The second-order valence-corrected chi connectivity index (χ2v) is 11.7. The minimum atomic E-state index is -4.47. The molecule has 0 fully saturated rings. The molecule has 2 aromatic carbocycles. The number of aromatic nitrogens is 1. The van der Waals surface area contributed by atoms with Crippen LogP contribution >= 0.6 is 0 Å². The molecular weight excluding hydrogens is 462 g/mol. The van der Waals surface area contributed by atoms with Gasteiger partial charge in [0.15, 0.2) is 0 Å². The molecule has 0 radical (unpaired) electrons. The van der Waals surface area contributed by atoms with E-state index in [-0.39, 0.29) is 0 Å². The first kappa shape index (κ1) is 19.2. The van der Waals surface area contributed by atoms with Crippen molar-refractivity contribution in [2.75, 3.05) is 14.2 Å². The Hall–Kier alpha value is -2.59. The van der Waals surface area contributed by atoms with Crippen molar-refractivity contribution in [1.29, 1.82) is 0 Å². The molecule has 0 saturated heterocycles. The molecule has 1 N–H and O–H groups in total. The quantitative estimate of drug-likeness (QED) is 0.539. The van der Waals surface area contributed by atoms with Crippen molar-refractivity contribution in [2.24, 2.45) is 0 Å². The zero-order valence-electron chi connectivity index (χ0n) is 14.9. The van der Waals surface area contributed by atoms with Gasteiger partial charge in [0.05, 0.1) is 0 Å². The molecule has 0 spiro atoms. The summed E-state index contributed by atoms with van der Waals surface area (Å²) < 4.78 is 28.8. The van der Waals surface area contributed by atoms with Gasteiger partial charge in [-0.05, 0) is 0 Å². The van der Waals surface area contributed by atoms with Crippen LogP contribution in [0.4, 0.5) is 0 Å². The molecule has 1 heterocycles. The summed E-state index contributed by atoms with van der Waals surface area (Å²) >= 11 is -4.47. The second kappa shape index (κ2) is 8.40. The predicted molar refractivity (Wildman–Crippen MR) is 103 cm³/mol. The van der Waals surface area contributed by atoms with Crippen molar-refractivity contribution in [3.8, 4) is 11.5 Å². The van der Waals surface area contributed by atoms with Crippen molar-refractivity contribution in [3.05, 3.63) is 78.6 Å². The van der Waals surface area contributed by atoms with Crippen LogP contribution in [0.3, 0.4) is 0 Å². The molecule has 0 unspecified atom stereocenters. The van der Waals surface area contributed by atoms with E-state index in [4.69, 9.17) is 12.6 Å². The summed E-state index contributed by atoms with van der Waals surface area (Å²) in [5.41, 5.74) is 0.330. The third-order valence-electron chi connectivity index (χ3n) is 3.87. The Labute approximate surface area is 162 Å². The maximum absolute atomic E-state index is 12.6. The van der Waals surface area contributed by atoms with Gasteiger partial charge in [-0.15, -0.1) is 0 Å². The fourth-order valence-corrected chi connectivity index (χ4v) is 7.51. The van der Waals surface area contributed by atoms with Gasteiger partial charge in [-0.3, -0.25) is 0 Å². The summed E-state index contributed by atoms with van der Waals surface area (Å²) in [6, 6.07) is 16.9. The normalized spacial score (nSPS) is 11.5. The van der Waals surface area contributed by atoms with E-state index >= 15 is 0 Å². The molecule has 3 rings (SSSR count). The number of pyridine rings is 1. The predicted octanol–water partition coefficient (Wildman–Crippen LogP) is 1.50. The van der Waals surface area contributed by atoms with Gasteiger partial charge in [0.2, 0.25) is 0 Å². The zero-order chi connectivity index (χ0) is 19.3. The van der Waals surface area contributed by atoms with Crippen LogP contribution in [0.5, 0.6) is 11.5 Å². The third-order valence-corrected chi connectivity index (χ3v) is 10.2. The molecule has 0 amide bonds. The molecule has 6 nitrogen and oxygen atoms in total. The standard InChI is InChI=1S/C20H19NO5Te/c1-24-16-3-7-18(8-4-16)27(23,19-9-5-17(25-2)6-10-19)26-20(22)15-11-13-21-14-12-15/h3-14,23H,1-2H3. The summed E-state index contributed by atoms with van der Waals surface area (Å²) in [6.45, 7) is 0. The van der Waals surface area contributed by atoms with Crippen molar-refractivity contribution in [1.82, 2.24) is 4.98 Å². The van der Waals surface area contributed by atoms with Crippen LogP contribution in [0.25, 0.3) is 0 Å². The van der Waals surface area contributed by atoms with Crippen LogP contribution in [-0.2, 0) is 3.10 Å². The number of carbonyl (C=O) groups is 1. The molecule has 0 aliphatic heterocycles. The Morgan fingerprint density at radius 1 is 0.815 bits per heavy atom. The third kappa shape index (κ3) is 4.22. The average molecular weight is 481 g/mol. The Kier molecular flexibility index (Phi) is 5.97. The van der Waals surface area contributed by atoms with Crippen molar-refractivity contribution in [2.45, 2.75) is 0 Å². The first-order valence-corrected chi connectivity index (χ1v) is 12.4. The number of methoxy groups -OCH3 is 2. The fraction of sp³-hybridized carbons (Fsp3) is 0.100. The van der Waals surface area contributed by atoms with E-state index in [0.29, 0.717) is 24.3 Å². The van der Waals surface area contributed by atoms with Gasteiger partial charge in [-0.1, -0.05) is 0 Å². The summed E-state index contributed by atoms with van der Waals surface area (Å²) in [7, 11) is 3.13. The summed E-state index contributed by atoms with van der Waals surface area (Å²) in [4.78, 5) is 16.5. The average Bonchev–Trinajstić information content (AvgIpc) is 2.74. The molecule has 7 heteroatoms. The number of nitrogens with zero attached hydrogens (tertiary/aromatic N) is 1. The van der Waals surface area contributed by atoms with Crippen LogP contribution in [-0.4, -0.2) is 47.6 Å². The summed E-state index contributed by atoms with van der Waals surface area (Å²) in [5, 5.41) is 0. The van der Waals surface area contributed by atoms with Gasteiger partial charge in [0.1, 0.15) is 0 Å². The molecule has 1 aromatic heterocycles. The number of rotatable bonds is 6. The molecule has 0 atom stereocenters. The van der Waals surface area contributed by atoms with Gasteiger partial charge < -0.3 is 0 Å². The van der Waals surface area contributed by atoms with Gasteiger partial charge in [0.25, 0.3) is 0 Å². The van der Waals surface area contributed by atoms with Gasteiger partial charge in [-0.25, -0.2) is 0 Å². The van der Waals surface area contributed by atoms with E-state index < -0.39 is 25.0 Å². The van der Waals surface area contributed by atoms with Crippen LogP contribution in [0.2, 0.25) is 0 Å². The van der Waals surface area contributed by atoms with Gasteiger partial charge in [0, 0.05) is 0 Å². The Morgan fingerprint density at radius 2 is 1.26 bits per heavy atom. The number of hydrogen-bond acceptors (Lipinski definition) is 6. The monoisotopic (exact) mass is 483 g/mol. The Balaban J connectivity index is 2.02. The van der Waals surface area contributed by atoms with Crippen LogP contribution in [0, 0.1) is 0 Å². The maximum atomic E-state index is 12.6. The summed E-state index contributed by atoms with van der Waals surface area (Å²) in [5.74, 6) is 0.714. The van der Waals surface area contributed by atoms with Crippen LogP contribution in [0.15, 0.2) is 73.1 Å². The number of hydrogen-bond donors (Lipinski definition) is 1. The van der Waals surface area contributed by atoms with E-state index in [2.05, 4.69) is 4.98 Å². The van der Waals surface area contributed by atoms with Crippen LogP contribution in [0.1, 0.15) is 10.4 Å². The number of benzene rings is 2. The summed E-state index contributed by atoms with van der Waals surface area (Å²) in [6.07, 6.45) is 3.01. The molecule has 0 aliphatic rings. The van der Waals surface area contributed by atoms with E-state index in [9.17, 15) is 8.27 Å². The number of ether oxygens (including phenoxy) is 2. The first-order chi connectivity index (χ1) is 13.1. The Bertz CT molecular complexity index is 850. The Morgan fingerprint density at radius 3 is 1.67 bits per heavy atom. The van der Waals surface area contributed by atoms with Gasteiger partial charge >= 0.3 is 162 Å². The SMILES string of the molecule is COc1ccc([Te](O)(OC(=O)c2ccncc2)c2ccc(OC)cc2)cc1. The first-order valence-electron chi connectivity index (χ1n) is 8.04. The molecule has 0 aliphatic carbocycles. The minimum absolute atomic E-state index is 0.330. The van der Waals surface area contributed by atoms with E-state index in [1.165, 1.54) is 12.4 Å². The molecule has 140 valence electrons. The zero-order valence-corrected chi connectivity index (χ0v) is 17.2. The molecule has 27 heavy (non-hydrogen) atoms. The van der Waals surface area contributed by atoms with Crippen molar-refractivity contribution >= 4 is 32.2 Å². The van der Waals surface area contributed by atoms with Crippen LogP contribution < -0.4 is 16.7 Å². The molecule has 0 bridgehead atoms. The number of carbonyl (C=O) groups excluding carboxylic acids is 1. The van der Waals surface area contributed by atoms with Gasteiger partial charge in [-0.2, -0.15) is 0 Å². The topological polar surface area (TPSA) is 77.9 Å². The fourth-order valence-electron chi connectivity index (χ4n) is 2.40. The molecular formula is C20H19NO5Te. The van der Waals surface area contributed by atoms with Crippen molar-refractivity contribution < 1.29 is 20.8 Å². The molecule has 0 saturated carbocycles. The molecule has 3 aromatic rings. The van der Waals surface area contributed by atoms with Crippen molar-refractivity contribution in [3.63, 3.8) is 0 Å². The van der Waals surface area contributed by atoms with E-state index in [1.807, 2.05) is 0 Å².